The van der Waals surface area contributed by atoms with Gasteiger partial charge in [-0.15, -0.1) is 6.58 Å². The fourth-order valence-corrected chi connectivity index (χ4v) is 3.63. The fraction of sp³-hybridized carbons (Fsp3) is 0.450. The highest BCUT2D eigenvalue weighted by molar-refractivity contribution is 6.33. The van der Waals surface area contributed by atoms with Crippen LogP contribution in [0.3, 0.4) is 0 Å². The van der Waals surface area contributed by atoms with Crippen LogP contribution in [0.25, 0.3) is 0 Å². The Morgan fingerprint density at radius 1 is 1.41 bits per heavy atom. The van der Waals surface area contributed by atoms with Gasteiger partial charge in [0, 0.05) is 36.7 Å². The molecule has 0 saturated carbocycles. The molecule has 0 aliphatic carbocycles. The molecule has 144 valence electrons. The number of pyridine rings is 1. The monoisotopic (exact) mass is 387 g/mol. The Balaban J connectivity index is 1.44. The van der Waals surface area contributed by atoms with E-state index in [1.807, 2.05) is 17.0 Å². The number of allylic oxidation sites excluding steroid dienone is 1. The van der Waals surface area contributed by atoms with Crippen molar-refractivity contribution in [3.8, 4) is 0 Å². The van der Waals surface area contributed by atoms with Crippen LogP contribution in [0, 0.1) is 12.8 Å². The van der Waals surface area contributed by atoms with Crippen molar-refractivity contribution in [2.45, 2.75) is 32.9 Å². The Labute approximate surface area is 165 Å². The van der Waals surface area contributed by atoms with Crippen LogP contribution in [0.15, 0.2) is 37.3 Å². The Kier molecular flexibility index (Phi) is 6.63. The van der Waals surface area contributed by atoms with E-state index in [1.54, 1.807) is 12.3 Å². The molecule has 0 radical (unpaired) electrons. The molecule has 1 saturated heterocycles. The molecule has 1 N–H and O–H groups in total. The van der Waals surface area contributed by atoms with Gasteiger partial charge in [0.2, 0.25) is 0 Å². The van der Waals surface area contributed by atoms with E-state index < -0.39 is 0 Å². The predicted octanol–water partition coefficient (Wildman–Crippen LogP) is 3.07. The van der Waals surface area contributed by atoms with Gasteiger partial charge in [-0.2, -0.15) is 5.10 Å². The largest absolute Gasteiger partial charge is 0.352 e. The summed E-state index contributed by atoms with van der Waals surface area (Å²) in [6.07, 6.45) is 9.05. The molecule has 0 spiro atoms. The number of rotatable bonds is 7. The van der Waals surface area contributed by atoms with Gasteiger partial charge in [0.15, 0.2) is 0 Å². The minimum absolute atomic E-state index is 0.130. The van der Waals surface area contributed by atoms with E-state index in [9.17, 15) is 4.79 Å². The van der Waals surface area contributed by atoms with Crippen LogP contribution in [0.5, 0.6) is 0 Å². The third-order valence-electron chi connectivity index (χ3n) is 5.18. The van der Waals surface area contributed by atoms with Gasteiger partial charge in [0.05, 0.1) is 23.3 Å². The molecular weight excluding hydrogens is 362 g/mol. The minimum Gasteiger partial charge on any atom is -0.352 e. The van der Waals surface area contributed by atoms with Crippen LogP contribution in [-0.2, 0) is 13.1 Å². The van der Waals surface area contributed by atoms with E-state index in [0.29, 0.717) is 23.0 Å². The molecule has 2 aromatic rings. The molecule has 0 atom stereocenters. The molecule has 6 nitrogen and oxygen atoms in total. The summed E-state index contributed by atoms with van der Waals surface area (Å²) in [5, 5.41) is 7.82. The van der Waals surface area contributed by atoms with Crippen molar-refractivity contribution in [1.29, 1.82) is 0 Å². The van der Waals surface area contributed by atoms with Crippen molar-refractivity contribution in [3.05, 3.63) is 59.2 Å². The topological polar surface area (TPSA) is 63.1 Å². The summed E-state index contributed by atoms with van der Waals surface area (Å²) in [6, 6.07) is 1.65. The van der Waals surface area contributed by atoms with Crippen molar-refractivity contribution in [3.63, 3.8) is 0 Å². The molecule has 7 heteroatoms. The number of halogens is 1. The molecule has 0 bridgehead atoms. The number of nitrogens with one attached hydrogen (secondary N) is 1. The molecule has 1 aliphatic rings. The maximum Gasteiger partial charge on any atom is 0.252 e. The summed E-state index contributed by atoms with van der Waals surface area (Å²) >= 11 is 6.03. The molecule has 0 aromatic carbocycles. The lowest BCUT2D eigenvalue weighted by molar-refractivity contribution is 0.0935. The average molecular weight is 388 g/mol. The first-order valence-corrected chi connectivity index (χ1v) is 9.68. The van der Waals surface area contributed by atoms with Gasteiger partial charge in [-0.3, -0.25) is 19.4 Å². The van der Waals surface area contributed by atoms with E-state index in [1.165, 1.54) is 17.5 Å². The van der Waals surface area contributed by atoms with Gasteiger partial charge in [0.25, 0.3) is 5.91 Å². The highest BCUT2D eigenvalue weighted by Crippen LogP contribution is 2.20. The Hall–Kier alpha value is -2.18. The maximum absolute atomic E-state index is 12.3. The van der Waals surface area contributed by atoms with E-state index in [4.69, 9.17) is 11.6 Å². The molecule has 1 aliphatic heterocycles. The Morgan fingerprint density at radius 3 is 2.89 bits per heavy atom. The average Bonchev–Trinajstić information content (AvgIpc) is 3.01. The molecule has 3 rings (SSSR count). The van der Waals surface area contributed by atoms with Crippen LogP contribution in [0.1, 0.15) is 34.5 Å². The van der Waals surface area contributed by atoms with Crippen molar-refractivity contribution in [2.24, 2.45) is 5.92 Å². The normalized spacial score (nSPS) is 15.6. The molecule has 1 amide bonds. The quantitative estimate of drug-likeness (QED) is 0.741. The minimum atomic E-state index is -0.130. The second-order valence-corrected chi connectivity index (χ2v) is 7.42. The van der Waals surface area contributed by atoms with E-state index >= 15 is 0 Å². The number of amides is 1. The first kappa shape index (κ1) is 19.6. The van der Waals surface area contributed by atoms with Crippen molar-refractivity contribution in [2.75, 3.05) is 19.6 Å². The molecule has 2 aromatic heterocycles. The van der Waals surface area contributed by atoms with Crippen molar-refractivity contribution < 1.29 is 4.79 Å². The number of carbonyl (C=O) groups is 1. The predicted molar refractivity (Wildman–Crippen MR) is 107 cm³/mol. The van der Waals surface area contributed by atoms with Gasteiger partial charge in [0.1, 0.15) is 0 Å². The number of aromatic nitrogens is 3. The van der Waals surface area contributed by atoms with Gasteiger partial charge in [-0.1, -0.05) is 17.7 Å². The zero-order valence-corrected chi connectivity index (χ0v) is 16.5. The second-order valence-electron chi connectivity index (χ2n) is 7.01. The lowest BCUT2D eigenvalue weighted by Gasteiger charge is -2.32. The van der Waals surface area contributed by atoms with Crippen LogP contribution in [0.4, 0.5) is 0 Å². The standard InChI is InChI=1S/C20H26ClN5O/c1-3-8-26-15(2)17(12-24-26)14-25-9-5-16(6-10-25)11-23-20(27)18-4-7-22-13-19(18)21/h3-4,7,12-13,16H,1,5-6,8-11,14H2,2H3,(H,23,27). The second kappa shape index (κ2) is 9.15. The Morgan fingerprint density at radius 2 is 2.19 bits per heavy atom. The number of carbonyl (C=O) groups excluding carboxylic acids is 1. The third kappa shape index (κ3) is 4.96. The summed E-state index contributed by atoms with van der Waals surface area (Å²) in [4.78, 5) is 18.6. The molecule has 3 heterocycles. The zero-order valence-electron chi connectivity index (χ0n) is 15.7. The fourth-order valence-electron chi connectivity index (χ4n) is 3.43. The van der Waals surface area contributed by atoms with Gasteiger partial charge in [-0.05, 0) is 44.8 Å². The lowest BCUT2D eigenvalue weighted by Crippen LogP contribution is -2.38. The summed E-state index contributed by atoms with van der Waals surface area (Å²) in [5.41, 5.74) is 2.96. The van der Waals surface area contributed by atoms with Crippen LogP contribution < -0.4 is 5.32 Å². The molecule has 27 heavy (non-hydrogen) atoms. The Bertz CT molecular complexity index is 795. The highest BCUT2D eigenvalue weighted by atomic mass is 35.5. The summed E-state index contributed by atoms with van der Waals surface area (Å²) < 4.78 is 1.98. The summed E-state index contributed by atoms with van der Waals surface area (Å²) in [6.45, 7) is 10.3. The van der Waals surface area contributed by atoms with Gasteiger partial charge in [-0.25, -0.2) is 0 Å². The first-order chi connectivity index (χ1) is 13.1. The number of hydrogen-bond donors (Lipinski definition) is 1. The summed E-state index contributed by atoms with van der Waals surface area (Å²) in [5.74, 6) is 0.366. The number of piperidine rings is 1. The highest BCUT2D eigenvalue weighted by Gasteiger charge is 2.21. The molecule has 0 unspecified atom stereocenters. The van der Waals surface area contributed by atoms with Crippen LogP contribution in [0.2, 0.25) is 5.02 Å². The summed E-state index contributed by atoms with van der Waals surface area (Å²) in [7, 11) is 0. The smallest absolute Gasteiger partial charge is 0.252 e. The lowest BCUT2D eigenvalue weighted by atomic mass is 9.96. The van der Waals surface area contributed by atoms with Crippen molar-refractivity contribution in [1.82, 2.24) is 25.0 Å². The number of nitrogens with zero attached hydrogens (tertiary/aromatic N) is 4. The number of hydrogen-bond acceptors (Lipinski definition) is 4. The third-order valence-corrected chi connectivity index (χ3v) is 5.48. The molecule has 1 fully saturated rings. The first-order valence-electron chi connectivity index (χ1n) is 9.30. The van der Waals surface area contributed by atoms with Crippen molar-refractivity contribution >= 4 is 17.5 Å². The van der Waals surface area contributed by atoms with Crippen LogP contribution >= 0.6 is 11.6 Å². The van der Waals surface area contributed by atoms with E-state index in [0.717, 1.165) is 39.0 Å². The van der Waals surface area contributed by atoms with E-state index in [-0.39, 0.29) is 5.91 Å². The maximum atomic E-state index is 12.3. The van der Waals surface area contributed by atoms with Gasteiger partial charge >= 0.3 is 0 Å². The zero-order chi connectivity index (χ0) is 19.2. The van der Waals surface area contributed by atoms with Crippen LogP contribution in [-0.4, -0.2) is 45.2 Å². The SMILES string of the molecule is C=CCn1ncc(CN2CCC(CNC(=O)c3ccncc3Cl)CC2)c1C. The van der Waals surface area contributed by atoms with Gasteiger partial charge < -0.3 is 5.32 Å². The van der Waals surface area contributed by atoms with E-state index in [2.05, 4.69) is 33.8 Å². The number of likely N-dealkylation sites (tertiary alicyclic amines) is 1. The molecular formula is C20H26ClN5O.